The summed E-state index contributed by atoms with van der Waals surface area (Å²) in [6.07, 6.45) is 7.20. The lowest BCUT2D eigenvalue weighted by atomic mass is 9.99. The Morgan fingerprint density at radius 1 is 1.23 bits per heavy atom. The molecular weight excluding hydrogens is 392 g/mol. The van der Waals surface area contributed by atoms with Crippen LogP contribution in [0.3, 0.4) is 0 Å². The number of benzene rings is 1. The summed E-state index contributed by atoms with van der Waals surface area (Å²) in [6, 6.07) is 14.7. The molecule has 0 spiro atoms. The summed E-state index contributed by atoms with van der Waals surface area (Å²) in [6.45, 7) is 2.01. The van der Waals surface area contributed by atoms with Crippen LogP contribution in [0, 0.1) is 11.3 Å². The van der Waals surface area contributed by atoms with Crippen LogP contribution in [-0.2, 0) is 6.54 Å². The third kappa shape index (κ3) is 3.92. The number of nitrogens with zero attached hydrogens (tertiary/aromatic N) is 4. The second-order valence-corrected chi connectivity index (χ2v) is 8.48. The van der Waals surface area contributed by atoms with E-state index in [4.69, 9.17) is 10.2 Å². The molecule has 1 atom stereocenters. The van der Waals surface area contributed by atoms with Crippen molar-refractivity contribution in [2.75, 3.05) is 11.9 Å². The van der Waals surface area contributed by atoms with E-state index < -0.39 is 0 Å². The van der Waals surface area contributed by atoms with Gasteiger partial charge in [-0.25, -0.2) is 9.97 Å². The van der Waals surface area contributed by atoms with Crippen LogP contribution in [0.15, 0.2) is 54.2 Å². The highest BCUT2D eigenvalue weighted by molar-refractivity contribution is 7.13. The molecule has 1 aromatic carbocycles. The fraction of sp³-hybridized carbons (Fsp3) is 0.261. The number of likely N-dealkylation sites (tertiary alicyclic amines) is 1. The molecule has 0 aliphatic carbocycles. The molecule has 0 amide bonds. The molecule has 1 fully saturated rings. The Morgan fingerprint density at radius 3 is 3.13 bits per heavy atom. The molecule has 4 aromatic rings. The van der Waals surface area contributed by atoms with Gasteiger partial charge in [0.2, 0.25) is 0 Å². The van der Waals surface area contributed by atoms with E-state index in [0.717, 1.165) is 30.3 Å². The van der Waals surface area contributed by atoms with Gasteiger partial charge < -0.3 is 10.3 Å². The van der Waals surface area contributed by atoms with Gasteiger partial charge in [-0.1, -0.05) is 12.5 Å². The Hall–Kier alpha value is -3.21. The molecule has 1 saturated heterocycles. The summed E-state index contributed by atoms with van der Waals surface area (Å²) < 4.78 is 0. The van der Waals surface area contributed by atoms with Crippen molar-refractivity contribution in [1.82, 2.24) is 19.9 Å². The minimum atomic E-state index is 0.325. The topological polar surface area (TPSA) is 80.6 Å². The number of rotatable bonds is 5. The van der Waals surface area contributed by atoms with Gasteiger partial charge in [-0.05, 0) is 60.7 Å². The molecule has 3 aromatic heterocycles. The van der Waals surface area contributed by atoms with Crippen LogP contribution in [0.4, 0.5) is 10.9 Å². The number of aromatic nitrogens is 3. The number of H-pyrrole nitrogens is 1. The van der Waals surface area contributed by atoms with E-state index in [0.29, 0.717) is 17.4 Å². The number of thiazole rings is 1. The maximum Gasteiger partial charge on any atom is 0.188 e. The van der Waals surface area contributed by atoms with Gasteiger partial charge in [0.15, 0.2) is 5.13 Å². The van der Waals surface area contributed by atoms with Gasteiger partial charge in [0, 0.05) is 29.8 Å². The fourth-order valence-corrected chi connectivity index (χ4v) is 4.89. The normalized spacial score (nSPS) is 17.1. The largest absolute Gasteiger partial charge is 0.361 e. The molecule has 6 nitrogen and oxygen atoms in total. The van der Waals surface area contributed by atoms with E-state index in [1.54, 1.807) is 29.7 Å². The Labute approximate surface area is 179 Å². The van der Waals surface area contributed by atoms with Crippen molar-refractivity contribution in [3.05, 3.63) is 71.0 Å². The van der Waals surface area contributed by atoms with E-state index in [2.05, 4.69) is 55.9 Å². The highest BCUT2D eigenvalue weighted by atomic mass is 32.1. The van der Waals surface area contributed by atoms with Gasteiger partial charge in [-0.15, -0.1) is 11.3 Å². The lowest BCUT2D eigenvalue weighted by Crippen LogP contribution is -2.33. The number of anilines is 2. The van der Waals surface area contributed by atoms with Gasteiger partial charge in [0.1, 0.15) is 5.82 Å². The molecule has 1 aliphatic rings. The summed E-state index contributed by atoms with van der Waals surface area (Å²) >= 11 is 1.59. The smallest absolute Gasteiger partial charge is 0.188 e. The van der Waals surface area contributed by atoms with E-state index >= 15 is 0 Å². The minimum absolute atomic E-state index is 0.325. The Bertz CT molecular complexity index is 1200. The zero-order chi connectivity index (χ0) is 20.3. The molecule has 7 heteroatoms. The summed E-state index contributed by atoms with van der Waals surface area (Å²) in [4.78, 5) is 15.0. The number of fused-ring (bicyclic) bond motifs is 1. The minimum Gasteiger partial charge on any atom is -0.361 e. The summed E-state index contributed by atoms with van der Waals surface area (Å²) in [7, 11) is 0. The van der Waals surface area contributed by atoms with Crippen LogP contribution in [0.1, 0.15) is 42.1 Å². The van der Waals surface area contributed by atoms with E-state index in [-0.39, 0.29) is 0 Å². The lowest BCUT2D eigenvalue weighted by molar-refractivity contribution is 0.138. The molecule has 150 valence electrons. The number of aromatic amines is 1. The van der Waals surface area contributed by atoms with Crippen molar-refractivity contribution in [1.29, 1.82) is 5.26 Å². The first-order chi connectivity index (χ1) is 14.8. The SMILES string of the molecule is N#Cc1ccnc(Nc2nc([C@H]3CCCCN3Cc3ccc4[nH]ccc4c3)cs2)c1. The molecule has 1 aliphatic heterocycles. The molecule has 0 unspecified atom stereocenters. The maximum atomic E-state index is 9.07. The number of pyridine rings is 1. The van der Waals surface area contributed by atoms with Crippen LogP contribution >= 0.6 is 11.3 Å². The van der Waals surface area contributed by atoms with Gasteiger partial charge in [0.05, 0.1) is 23.4 Å². The van der Waals surface area contributed by atoms with Crippen molar-refractivity contribution in [2.24, 2.45) is 0 Å². The van der Waals surface area contributed by atoms with Gasteiger partial charge in [0.25, 0.3) is 0 Å². The third-order valence-corrected chi connectivity index (χ3v) is 6.38. The highest BCUT2D eigenvalue weighted by Gasteiger charge is 2.26. The first-order valence-corrected chi connectivity index (χ1v) is 11.0. The van der Waals surface area contributed by atoms with E-state index in [9.17, 15) is 0 Å². The first-order valence-electron chi connectivity index (χ1n) is 10.2. The van der Waals surface area contributed by atoms with Crippen molar-refractivity contribution in [3.63, 3.8) is 0 Å². The number of piperidine rings is 1. The zero-order valence-electron chi connectivity index (χ0n) is 16.5. The van der Waals surface area contributed by atoms with Crippen LogP contribution in [0.2, 0.25) is 0 Å². The van der Waals surface area contributed by atoms with Crippen molar-refractivity contribution < 1.29 is 0 Å². The lowest BCUT2D eigenvalue weighted by Gasteiger charge is -2.34. The fourth-order valence-electron chi connectivity index (χ4n) is 4.13. The zero-order valence-corrected chi connectivity index (χ0v) is 17.3. The molecule has 5 rings (SSSR count). The Kier molecular flexibility index (Phi) is 5.18. The van der Waals surface area contributed by atoms with Gasteiger partial charge in [-0.2, -0.15) is 5.26 Å². The monoisotopic (exact) mass is 414 g/mol. The molecule has 0 bridgehead atoms. The Morgan fingerprint density at radius 2 is 2.20 bits per heavy atom. The summed E-state index contributed by atoms with van der Waals surface area (Å²) in [5.74, 6) is 0.648. The average Bonchev–Trinajstić information content (AvgIpc) is 3.43. The number of nitrogens with one attached hydrogen (secondary N) is 2. The number of hydrogen-bond acceptors (Lipinski definition) is 6. The standard InChI is InChI=1S/C23H22N6S/c24-13-16-6-8-26-22(12-16)28-23-27-20(15-30-23)21-3-1-2-10-29(21)14-17-4-5-19-18(11-17)7-9-25-19/h4-9,11-12,15,21,25H,1-3,10,14H2,(H,26,27,28)/t21-/m1/s1. The molecule has 0 radical (unpaired) electrons. The molecule has 30 heavy (non-hydrogen) atoms. The molecular formula is C23H22N6S. The van der Waals surface area contributed by atoms with E-state index in [1.807, 2.05) is 6.20 Å². The van der Waals surface area contributed by atoms with Crippen LogP contribution < -0.4 is 5.32 Å². The van der Waals surface area contributed by atoms with Crippen molar-refractivity contribution in [2.45, 2.75) is 31.8 Å². The predicted molar refractivity (Wildman–Crippen MR) is 120 cm³/mol. The van der Waals surface area contributed by atoms with Gasteiger partial charge in [-0.3, -0.25) is 4.90 Å². The third-order valence-electron chi connectivity index (χ3n) is 5.60. The molecule has 2 N–H and O–H groups in total. The quantitative estimate of drug-likeness (QED) is 0.459. The van der Waals surface area contributed by atoms with Gasteiger partial charge >= 0.3 is 0 Å². The van der Waals surface area contributed by atoms with Crippen LogP contribution in [-0.4, -0.2) is 26.4 Å². The number of nitriles is 1. The predicted octanol–water partition coefficient (Wildman–Crippen LogP) is 5.36. The Balaban J connectivity index is 1.33. The van der Waals surface area contributed by atoms with Crippen LogP contribution in [0.25, 0.3) is 10.9 Å². The number of hydrogen-bond donors (Lipinski definition) is 2. The van der Waals surface area contributed by atoms with Crippen molar-refractivity contribution >= 4 is 33.2 Å². The van der Waals surface area contributed by atoms with Crippen molar-refractivity contribution in [3.8, 4) is 6.07 Å². The molecule has 4 heterocycles. The van der Waals surface area contributed by atoms with E-state index in [1.165, 1.54) is 29.3 Å². The second kappa shape index (κ2) is 8.27. The van der Waals surface area contributed by atoms with Crippen LogP contribution in [0.5, 0.6) is 0 Å². The average molecular weight is 415 g/mol. The summed E-state index contributed by atoms with van der Waals surface area (Å²) in [5, 5.41) is 16.5. The second-order valence-electron chi connectivity index (χ2n) is 7.63. The molecule has 0 saturated carbocycles. The highest BCUT2D eigenvalue weighted by Crippen LogP contribution is 2.34. The summed E-state index contributed by atoms with van der Waals surface area (Å²) in [5.41, 5.74) is 4.21. The maximum absolute atomic E-state index is 9.07. The first kappa shape index (κ1) is 18.8.